The number of furan rings is 1. The lowest BCUT2D eigenvalue weighted by atomic mass is 10.1. The summed E-state index contributed by atoms with van der Waals surface area (Å²) in [6, 6.07) is 6.99. The average molecular weight is 315 g/mol. The molecule has 1 aliphatic heterocycles. The Kier molecular flexibility index (Phi) is 5.05. The SMILES string of the molecule is Cc1cc2cc(CNC(C)CN3CCN(C)CC3)oc2cc1C. The molecule has 2 aromatic rings. The molecule has 1 aromatic carbocycles. The average Bonchev–Trinajstić information content (AvgIpc) is 2.90. The predicted molar refractivity (Wildman–Crippen MR) is 95.9 cm³/mol. The number of likely N-dealkylation sites (N-methyl/N-ethyl adjacent to an activating group) is 1. The number of rotatable bonds is 5. The smallest absolute Gasteiger partial charge is 0.134 e. The predicted octanol–water partition coefficient (Wildman–Crippen LogP) is 2.78. The lowest BCUT2D eigenvalue weighted by Gasteiger charge is -2.34. The molecule has 0 amide bonds. The Labute approximate surface area is 139 Å². The second-order valence-electron chi connectivity index (χ2n) is 7.07. The zero-order valence-corrected chi connectivity index (χ0v) is 14.9. The molecule has 1 unspecified atom stereocenters. The van der Waals surface area contributed by atoms with E-state index in [1.54, 1.807) is 0 Å². The third-order valence-corrected chi connectivity index (χ3v) is 4.94. The number of benzene rings is 1. The van der Waals surface area contributed by atoms with Crippen LogP contribution in [0.15, 0.2) is 22.6 Å². The summed E-state index contributed by atoms with van der Waals surface area (Å²) in [6.07, 6.45) is 0. The molecule has 0 bridgehead atoms. The summed E-state index contributed by atoms with van der Waals surface area (Å²) < 4.78 is 5.98. The highest BCUT2D eigenvalue weighted by molar-refractivity contribution is 5.79. The molecule has 1 aliphatic rings. The topological polar surface area (TPSA) is 31.6 Å². The van der Waals surface area contributed by atoms with Crippen molar-refractivity contribution in [2.45, 2.75) is 33.4 Å². The number of hydrogen-bond donors (Lipinski definition) is 1. The molecule has 23 heavy (non-hydrogen) atoms. The molecular formula is C19H29N3O. The standard InChI is InChI=1S/C19H29N3O/c1-14-9-17-11-18(23-19(17)10-15(14)2)12-20-16(3)13-22-7-5-21(4)6-8-22/h9-11,16,20H,5-8,12-13H2,1-4H3. The molecule has 1 aromatic heterocycles. The second kappa shape index (κ2) is 7.04. The van der Waals surface area contributed by atoms with E-state index in [1.807, 2.05) is 0 Å². The summed E-state index contributed by atoms with van der Waals surface area (Å²) in [5.41, 5.74) is 3.60. The van der Waals surface area contributed by atoms with Crippen molar-refractivity contribution in [1.29, 1.82) is 0 Å². The summed E-state index contributed by atoms with van der Waals surface area (Å²) in [7, 11) is 2.20. The van der Waals surface area contributed by atoms with Gasteiger partial charge < -0.3 is 14.6 Å². The fourth-order valence-corrected chi connectivity index (χ4v) is 3.20. The van der Waals surface area contributed by atoms with Crippen LogP contribution in [-0.2, 0) is 6.54 Å². The first-order valence-electron chi connectivity index (χ1n) is 8.65. The maximum absolute atomic E-state index is 5.98. The van der Waals surface area contributed by atoms with Crippen molar-refractivity contribution in [3.8, 4) is 0 Å². The molecule has 4 heteroatoms. The van der Waals surface area contributed by atoms with Crippen molar-refractivity contribution in [1.82, 2.24) is 15.1 Å². The van der Waals surface area contributed by atoms with Crippen LogP contribution < -0.4 is 5.32 Å². The van der Waals surface area contributed by atoms with E-state index in [9.17, 15) is 0 Å². The van der Waals surface area contributed by atoms with Gasteiger partial charge in [-0.15, -0.1) is 0 Å². The molecule has 1 fully saturated rings. The zero-order valence-electron chi connectivity index (χ0n) is 14.9. The van der Waals surface area contributed by atoms with Gasteiger partial charge in [0.25, 0.3) is 0 Å². The van der Waals surface area contributed by atoms with Crippen LogP contribution in [0.4, 0.5) is 0 Å². The van der Waals surface area contributed by atoms with Gasteiger partial charge in [0.1, 0.15) is 11.3 Å². The maximum Gasteiger partial charge on any atom is 0.134 e. The number of aryl methyl sites for hydroxylation is 2. The Morgan fingerprint density at radius 1 is 1.09 bits per heavy atom. The van der Waals surface area contributed by atoms with Crippen molar-refractivity contribution < 1.29 is 4.42 Å². The minimum atomic E-state index is 0.468. The number of piperazine rings is 1. The first kappa shape index (κ1) is 16.5. The minimum absolute atomic E-state index is 0.468. The van der Waals surface area contributed by atoms with Gasteiger partial charge in [-0.1, -0.05) is 0 Å². The van der Waals surface area contributed by atoms with Gasteiger partial charge in [-0.3, -0.25) is 4.90 Å². The summed E-state index contributed by atoms with van der Waals surface area (Å²) in [5.74, 6) is 1.02. The van der Waals surface area contributed by atoms with Crippen LogP contribution in [0.2, 0.25) is 0 Å². The van der Waals surface area contributed by atoms with E-state index in [4.69, 9.17) is 4.42 Å². The quantitative estimate of drug-likeness (QED) is 0.919. The van der Waals surface area contributed by atoms with Crippen molar-refractivity contribution in [2.75, 3.05) is 39.8 Å². The van der Waals surface area contributed by atoms with E-state index < -0.39 is 0 Å². The molecule has 1 atom stereocenters. The summed E-state index contributed by atoms with van der Waals surface area (Å²) >= 11 is 0. The Hall–Kier alpha value is -1.36. The van der Waals surface area contributed by atoms with Crippen molar-refractivity contribution in [3.05, 3.63) is 35.1 Å². The van der Waals surface area contributed by atoms with Gasteiger partial charge in [0, 0.05) is 44.2 Å². The lowest BCUT2D eigenvalue weighted by Crippen LogP contribution is -2.48. The van der Waals surface area contributed by atoms with Crippen LogP contribution in [0.25, 0.3) is 11.0 Å². The summed E-state index contributed by atoms with van der Waals surface area (Å²) in [6.45, 7) is 13.1. The van der Waals surface area contributed by atoms with Crippen LogP contribution >= 0.6 is 0 Å². The first-order valence-corrected chi connectivity index (χ1v) is 8.65. The first-order chi connectivity index (χ1) is 11.0. The second-order valence-corrected chi connectivity index (χ2v) is 7.07. The number of nitrogens with one attached hydrogen (secondary N) is 1. The van der Waals surface area contributed by atoms with Gasteiger partial charge in [-0.2, -0.15) is 0 Å². The number of nitrogens with zero attached hydrogens (tertiary/aromatic N) is 2. The fraction of sp³-hybridized carbons (Fsp3) is 0.579. The molecule has 0 saturated carbocycles. The molecule has 1 N–H and O–H groups in total. The van der Waals surface area contributed by atoms with Crippen molar-refractivity contribution >= 4 is 11.0 Å². The molecule has 0 radical (unpaired) electrons. The van der Waals surface area contributed by atoms with E-state index in [2.05, 4.69) is 61.1 Å². The van der Waals surface area contributed by atoms with Gasteiger partial charge in [0.05, 0.1) is 6.54 Å². The summed E-state index contributed by atoms with van der Waals surface area (Å²) in [5, 5.41) is 4.80. The molecule has 2 heterocycles. The Balaban J connectivity index is 1.53. The monoisotopic (exact) mass is 315 g/mol. The third kappa shape index (κ3) is 4.14. The lowest BCUT2D eigenvalue weighted by molar-refractivity contribution is 0.144. The van der Waals surface area contributed by atoms with Gasteiger partial charge in [-0.25, -0.2) is 0 Å². The molecule has 3 rings (SSSR count). The van der Waals surface area contributed by atoms with E-state index in [0.29, 0.717) is 6.04 Å². The van der Waals surface area contributed by atoms with Gasteiger partial charge in [0.2, 0.25) is 0 Å². The highest BCUT2D eigenvalue weighted by atomic mass is 16.3. The minimum Gasteiger partial charge on any atom is -0.460 e. The van der Waals surface area contributed by atoms with Gasteiger partial charge in [0.15, 0.2) is 0 Å². The molecule has 1 saturated heterocycles. The Morgan fingerprint density at radius 3 is 2.52 bits per heavy atom. The van der Waals surface area contributed by atoms with Crippen LogP contribution in [-0.4, -0.2) is 55.6 Å². The van der Waals surface area contributed by atoms with Gasteiger partial charge >= 0.3 is 0 Å². The highest BCUT2D eigenvalue weighted by Crippen LogP contribution is 2.23. The number of fused-ring (bicyclic) bond motifs is 1. The van der Waals surface area contributed by atoms with E-state index in [0.717, 1.165) is 24.4 Å². The molecule has 4 nitrogen and oxygen atoms in total. The van der Waals surface area contributed by atoms with E-state index in [-0.39, 0.29) is 0 Å². The normalized spacial score (nSPS) is 18.6. The maximum atomic E-state index is 5.98. The van der Waals surface area contributed by atoms with E-state index in [1.165, 1.54) is 42.7 Å². The van der Waals surface area contributed by atoms with Crippen LogP contribution in [0.1, 0.15) is 23.8 Å². The largest absolute Gasteiger partial charge is 0.460 e. The van der Waals surface area contributed by atoms with Crippen LogP contribution in [0.3, 0.4) is 0 Å². The van der Waals surface area contributed by atoms with Gasteiger partial charge in [-0.05, 0) is 57.1 Å². The Morgan fingerprint density at radius 2 is 1.78 bits per heavy atom. The molecule has 0 aliphatic carbocycles. The van der Waals surface area contributed by atoms with Crippen molar-refractivity contribution in [3.63, 3.8) is 0 Å². The molecule has 0 spiro atoms. The highest BCUT2D eigenvalue weighted by Gasteiger charge is 2.16. The van der Waals surface area contributed by atoms with Crippen molar-refractivity contribution in [2.24, 2.45) is 0 Å². The van der Waals surface area contributed by atoms with E-state index >= 15 is 0 Å². The molecule has 126 valence electrons. The molecular weight excluding hydrogens is 286 g/mol. The number of hydrogen-bond acceptors (Lipinski definition) is 4. The van der Waals surface area contributed by atoms with Crippen LogP contribution in [0.5, 0.6) is 0 Å². The summed E-state index contributed by atoms with van der Waals surface area (Å²) in [4.78, 5) is 4.94. The van der Waals surface area contributed by atoms with Crippen LogP contribution in [0, 0.1) is 13.8 Å². The fourth-order valence-electron chi connectivity index (χ4n) is 3.20. The third-order valence-electron chi connectivity index (χ3n) is 4.94. The Bertz CT molecular complexity index is 617. The zero-order chi connectivity index (χ0) is 16.4.